The maximum Gasteiger partial charge on any atom is 0.338 e. The number of carbonyl (C=O) groups excluding carboxylic acids is 1. The topological polar surface area (TPSA) is 102 Å². The van der Waals surface area contributed by atoms with Gasteiger partial charge in [-0.3, -0.25) is 0 Å². The number of rotatable bonds is 9. The molecule has 0 saturated heterocycles. The Labute approximate surface area is 176 Å². The monoisotopic (exact) mass is 405 g/mol. The first-order valence-corrected chi connectivity index (χ1v) is 10.1. The van der Waals surface area contributed by atoms with Gasteiger partial charge in [0.2, 0.25) is 0 Å². The smallest absolute Gasteiger partial charge is 0.338 e. The van der Waals surface area contributed by atoms with Gasteiger partial charge in [0.05, 0.1) is 12.2 Å². The second kappa shape index (κ2) is 10.2. The van der Waals surface area contributed by atoms with Crippen LogP contribution in [0.5, 0.6) is 0 Å². The summed E-state index contributed by atoms with van der Waals surface area (Å²) in [5.74, 6) is 0.588. The number of nitrogens with two attached hydrogens (primary N) is 1. The van der Waals surface area contributed by atoms with Gasteiger partial charge in [0.15, 0.2) is 11.6 Å². The van der Waals surface area contributed by atoms with Gasteiger partial charge in [0, 0.05) is 11.4 Å². The number of nitrogens with one attached hydrogen (secondary N) is 2. The number of carbonyl (C=O) groups is 1. The lowest BCUT2D eigenvalue weighted by atomic mass is 10.1. The number of benzene rings is 2. The van der Waals surface area contributed by atoms with E-state index in [4.69, 9.17) is 10.5 Å². The van der Waals surface area contributed by atoms with E-state index in [2.05, 4.69) is 39.7 Å². The van der Waals surface area contributed by atoms with Gasteiger partial charge >= 0.3 is 5.97 Å². The van der Waals surface area contributed by atoms with Crippen LogP contribution in [0.3, 0.4) is 0 Å². The van der Waals surface area contributed by atoms with Crippen molar-refractivity contribution in [2.45, 2.75) is 33.1 Å². The van der Waals surface area contributed by atoms with Crippen molar-refractivity contribution in [3.05, 3.63) is 66.0 Å². The van der Waals surface area contributed by atoms with Crippen molar-refractivity contribution in [1.29, 1.82) is 0 Å². The van der Waals surface area contributed by atoms with Gasteiger partial charge in [-0.05, 0) is 55.7 Å². The molecule has 0 radical (unpaired) electrons. The molecular weight excluding hydrogens is 378 g/mol. The van der Waals surface area contributed by atoms with Gasteiger partial charge in [-0.15, -0.1) is 0 Å². The van der Waals surface area contributed by atoms with Gasteiger partial charge < -0.3 is 21.1 Å². The molecule has 0 aliphatic carbocycles. The molecule has 0 unspecified atom stereocenters. The largest absolute Gasteiger partial charge is 0.462 e. The van der Waals surface area contributed by atoms with Crippen molar-refractivity contribution in [3.8, 4) is 0 Å². The SMILES string of the molecule is CCCCc1ccc(Nc2ncnc(Nc3cccc(C(=O)OCC)c3)c2N)cc1. The first kappa shape index (κ1) is 21.1. The molecule has 3 aromatic rings. The number of ether oxygens (including phenoxy) is 1. The van der Waals surface area contributed by atoms with E-state index < -0.39 is 0 Å². The molecule has 7 heteroatoms. The molecule has 0 atom stereocenters. The number of aromatic nitrogens is 2. The van der Waals surface area contributed by atoms with Crippen LogP contribution >= 0.6 is 0 Å². The number of aryl methyl sites for hydroxylation is 1. The van der Waals surface area contributed by atoms with Crippen LogP contribution in [-0.2, 0) is 11.2 Å². The summed E-state index contributed by atoms with van der Waals surface area (Å²) in [7, 11) is 0. The van der Waals surface area contributed by atoms with Crippen LogP contribution in [0.2, 0.25) is 0 Å². The van der Waals surface area contributed by atoms with E-state index in [0.29, 0.717) is 35.2 Å². The number of hydrogen-bond donors (Lipinski definition) is 3. The third kappa shape index (κ3) is 5.47. The van der Waals surface area contributed by atoms with Crippen LogP contribution in [-0.4, -0.2) is 22.5 Å². The van der Waals surface area contributed by atoms with Crippen molar-refractivity contribution < 1.29 is 9.53 Å². The predicted octanol–water partition coefficient (Wildman–Crippen LogP) is 5.07. The molecule has 7 nitrogen and oxygen atoms in total. The predicted molar refractivity (Wildman–Crippen MR) is 120 cm³/mol. The van der Waals surface area contributed by atoms with Crippen LogP contribution in [0.25, 0.3) is 0 Å². The molecule has 0 bridgehead atoms. The van der Waals surface area contributed by atoms with Crippen LogP contribution in [0.4, 0.5) is 28.7 Å². The summed E-state index contributed by atoms with van der Waals surface area (Å²) in [6.07, 6.45) is 4.87. The molecule has 0 aliphatic heterocycles. The molecule has 1 heterocycles. The number of anilines is 5. The summed E-state index contributed by atoms with van der Waals surface area (Å²) < 4.78 is 5.05. The van der Waals surface area contributed by atoms with E-state index in [1.807, 2.05) is 18.2 Å². The molecule has 0 saturated carbocycles. The molecule has 4 N–H and O–H groups in total. The average molecular weight is 406 g/mol. The average Bonchev–Trinajstić information content (AvgIpc) is 2.76. The Morgan fingerprint density at radius 2 is 1.70 bits per heavy atom. The zero-order valence-corrected chi connectivity index (χ0v) is 17.3. The Balaban J connectivity index is 1.74. The fourth-order valence-corrected chi connectivity index (χ4v) is 2.94. The van der Waals surface area contributed by atoms with Crippen LogP contribution in [0.15, 0.2) is 54.9 Å². The molecule has 0 aliphatic rings. The second-order valence-corrected chi connectivity index (χ2v) is 6.84. The minimum atomic E-state index is -0.374. The third-order valence-electron chi connectivity index (χ3n) is 4.56. The molecule has 0 fully saturated rings. The van der Waals surface area contributed by atoms with E-state index in [0.717, 1.165) is 12.1 Å². The quantitative estimate of drug-likeness (QED) is 0.427. The first-order valence-electron chi connectivity index (χ1n) is 10.1. The van der Waals surface area contributed by atoms with Gasteiger partial charge in [0.25, 0.3) is 0 Å². The molecule has 3 rings (SSSR count). The molecule has 1 aromatic heterocycles. The molecular formula is C23H27N5O2. The van der Waals surface area contributed by atoms with Crippen LogP contribution in [0.1, 0.15) is 42.6 Å². The van der Waals surface area contributed by atoms with Gasteiger partial charge in [-0.1, -0.05) is 31.5 Å². The van der Waals surface area contributed by atoms with E-state index in [1.165, 1.54) is 24.7 Å². The number of nitrogens with zero attached hydrogens (tertiary/aromatic N) is 2. The number of esters is 1. The lowest BCUT2D eigenvalue weighted by Crippen LogP contribution is -2.07. The summed E-state index contributed by atoms with van der Waals surface area (Å²) in [6.45, 7) is 4.28. The Kier molecular flexibility index (Phi) is 7.21. The molecule has 30 heavy (non-hydrogen) atoms. The summed E-state index contributed by atoms with van der Waals surface area (Å²) >= 11 is 0. The van der Waals surface area contributed by atoms with Crippen molar-refractivity contribution in [2.24, 2.45) is 0 Å². The summed E-state index contributed by atoms with van der Waals surface area (Å²) in [6, 6.07) is 15.2. The van der Waals surface area contributed by atoms with E-state index in [1.54, 1.807) is 25.1 Å². The maximum atomic E-state index is 11.9. The number of unbranched alkanes of at least 4 members (excludes halogenated alkanes) is 1. The minimum absolute atomic E-state index is 0.323. The Morgan fingerprint density at radius 3 is 2.37 bits per heavy atom. The highest BCUT2D eigenvalue weighted by Gasteiger charge is 2.11. The minimum Gasteiger partial charge on any atom is -0.462 e. The van der Waals surface area contributed by atoms with Gasteiger partial charge in [-0.2, -0.15) is 0 Å². The highest BCUT2D eigenvalue weighted by molar-refractivity contribution is 5.91. The van der Waals surface area contributed by atoms with Crippen LogP contribution in [0, 0.1) is 0 Å². The zero-order valence-electron chi connectivity index (χ0n) is 17.3. The van der Waals surface area contributed by atoms with E-state index >= 15 is 0 Å². The van der Waals surface area contributed by atoms with E-state index in [9.17, 15) is 4.79 Å². The molecule has 0 spiro atoms. The molecule has 2 aromatic carbocycles. The molecule has 156 valence electrons. The third-order valence-corrected chi connectivity index (χ3v) is 4.56. The highest BCUT2D eigenvalue weighted by atomic mass is 16.5. The lowest BCUT2D eigenvalue weighted by molar-refractivity contribution is 0.0526. The number of nitrogen functional groups attached to an aromatic ring is 1. The summed E-state index contributed by atoms with van der Waals surface area (Å²) in [4.78, 5) is 20.4. The van der Waals surface area contributed by atoms with Crippen molar-refractivity contribution in [1.82, 2.24) is 9.97 Å². The van der Waals surface area contributed by atoms with E-state index in [-0.39, 0.29) is 5.97 Å². The normalized spacial score (nSPS) is 10.5. The van der Waals surface area contributed by atoms with Crippen LogP contribution < -0.4 is 16.4 Å². The summed E-state index contributed by atoms with van der Waals surface area (Å²) in [5.41, 5.74) is 10.0. The second-order valence-electron chi connectivity index (χ2n) is 6.84. The van der Waals surface area contributed by atoms with Crippen molar-refractivity contribution in [2.75, 3.05) is 23.0 Å². The first-order chi connectivity index (χ1) is 14.6. The summed E-state index contributed by atoms with van der Waals surface area (Å²) in [5, 5.41) is 6.38. The fourth-order valence-electron chi connectivity index (χ4n) is 2.94. The zero-order chi connectivity index (χ0) is 21.3. The highest BCUT2D eigenvalue weighted by Crippen LogP contribution is 2.28. The fraction of sp³-hybridized carbons (Fsp3) is 0.261. The number of hydrogen-bond acceptors (Lipinski definition) is 7. The van der Waals surface area contributed by atoms with Gasteiger partial charge in [0.1, 0.15) is 12.0 Å². The van der Waals surface area contributed by atoms with Crippen molar-refractivity contribution >= 4 is 34.7 Å². The standard InChI is InChI=1S/C23H27N5O2/c1-3-5-7-16-10-12-18(13-11-16)27-21-20(24)22(26-15-25-21)28-19-9-6-8-17(14-19)23(29)30-4-2/h6,8-15H,3-5,7,24H2,1-2H3,(H2,25,26,27,28). The Morgan fingerprint density at radius 1 is 1.00 bits per heavy atom. The Bertz CT molecular complexity index is 989. The lowest BCUT2D eigenvalue weighted by Gasteiger charge is -2.13. The molecule has 0 amide bonds. The maximum absolute atomic E-state index is 11.9. The van der Waals surface area contributed by atoms with Crippen molar-refractivity contribution in [3.63, 3.8) is 0 Å². The van der Waals surface area contributed by atoms with Gasteiger partial charge in [-0.25, -0.2) is 14.8 Å². The Hall–Kier alpha value is -3.61.